The monoisotopic (exact) mass is 254 g/mol. The maximum absolute atomic E-state index is 11.1. The van der Waals surface area contributed by atoms with Gasteiger partial charge in [-0.25, -0.2) is 4.79 Å². The normalized spacial score (nSPS) is 13.4. The first kappa shape index (κ1) is 13.9. The predicted octanol–water partition coefficient (Wildman–Crippen LogP) is 3.80. The number of rotatable bonds is 4. The van der Waals surface area contributed by atoms with Crippen LogP contribution in [-0.4, -0.2) is 17.4 Å². The number of carboxylic acids is 1. The third-order valence-corrected chi connectivity index (χ3v) is 3.60. The lowest BCUT2D eigenvalue weighted by Crippen LogP contribution is -2.11. The molecule has 0 saturated heterocycles. The average Bonchev–Trinajstić information content (AvgIpc) is 2.58. The van der Waals surface area contributed by atoms with E-state index in [1.54, 1.807) is 6.07 Å². The Morgan fingerprint density at radius 3 is 2.53 bits per heavy atom. The first-order chi connectivity index (χ1) is 7.74. The molecule has 0 radical (unpaired) electrons. The molecule has 0 aromatic carbocycles. The zero-order valence-corrected chi connectivity index (χ0v) is 11.4. The highest BCUT2D eigenvalue weighted by Crippen LogP contribution is 2.35. The number of carbonyl (C=O) groups is 2. The smallest absolute Gasteiger partial charge is 0.346 e. The van der Waals surface area contributed by atoms with Crippen molar-refractivity contribution in [1.29, 1.82) is 0 Å². The topological polar surface area (TPSA) is 54.4 Å². The Morgan fingerprint density at radius 2 is 2.12 bits per heavy atom. The van der Waals surface area contributed by atoms with Crippen LogP contribution in [0.2, 0.25) is 0 Å². The number of aldehydes is 1. The van der Waals surface area contributed by atoms with Gasteiger partial charge in [0, 0.05) is 0 Å². The van der Waals surface area contributed by atoms with Crippen LogP contribution in [0.15, 0.2) is 6.07 Å². The van der Waals surface area contributed by atoms with Gasteiger partial charge in [-0.2, -0.15) is 0 Å². The number of carbonyl (C=O) groups excluding carboxylic acids is 1. The fourth-order valence-electron chi connectivity index (χ4n) is 2.04. The van der Waals surface area contributed by atoms with Gasteiger partial charge in [0.2, 0.25) is 0 Å². The van der Waals surface area contributed by atoms with Gasteiger partial charge in [-0.3, -0.25) is 4.79 Å². The Kier molecular flexibility index (Phi) is 4.09. The minimum Gasteiger partial charge on any atom is -0.477 e. The summed E-state index contributed by atoms with van der Waals surface area (Å²) in [6.07, 6.45) is 1.60. The Balaban J connectivity index is 3.07. The quantitative estimate of drug-likeness (QED) is 0.831. The lowest BCUT2D eigenvalue weighted by molar-refractivity contribution is 0.0700. The summed E-state index contributed by atoms with van der Waals surface area (Å²) in [5.41, 5.74) is 0.915. The Morgan fingerprint density at radius 1 is 1.53 bits per heavy atom. The minimum absolute atomic E-state index is 0.137. The van der Waals surface area contributed by atoms with Crippen molar-refractivity contribution in [2.75, 3.05) is 0 Å². The molecule has 0 amide bonds. The third-order valence-electron chi connectivity index (χ3n) is 2.54. The van der Waals surface area contributed by atoms with Crippen LogP contribution in [0, 0.1) is 5.41 Å². The molecule has 1 aromatic heterocycles. The van der Waals surface area contributed by atoms with E-state index >= 15 is 0 Å². The number of hydrogen-bond donors (Lipinski definition) is 1. The van der Waals surface area contributed by atoms with Gasteiger partial charge in [-0.15, -0.1) is 11.3 Å². The van der Waals surface area contributed by atoms with Crippen LogP contribution in [0.25, 0.3) is 0 Å². The zero-order chi connectivity index (χ0) is 13.2. The summed E-state index contributed by atoms with van der Waals surface area (Å²) in [5.74, 6) is -0.801. The second-order valence-corrected chi connectivity index (χ2v) is 6.61. The van der Waals surface area contributed by atoms with Crippen LogP contribution in [0.3, 0.4) is 0 Å². The van der Waals surface area contributed by atoms with Crippen molar-refractivity contribution < 1.29 is 14.7 Å². The van der Waals surface area contributed by atoms with E-state index in [2.05, 4.69) is 20.8 Å². The van der Waals surface area contributed by atoms with Crippen LogP contribution in [-0.2, 0) is 0 Å². The van der Waals surface area contributed by atoms with Gasteiger partial charge < -0.3 is 5.11 Å². The van der Waals surface area contributed by atoms with Gasteiger partial charge in [0.25, 0.3) is 0 Å². The first-order valence-electron chi connectivity index (χ1n) is 5.57. The Labute approximate surface area is 105 Å². The van der Waals surface area contributed by atoms with E-state index in [1.807, 2.05) is 6.92 Å². The molecule has 4 heteroatoms. The maximum Gasteiger partial charge on any atom is 0.346 e. The van der Waals surface area contributed by atoms with Gasteiger partial charge in [0.15, 0.2) is 6.29 Å². The molecule has 0 saturated carbocycles. The molecule has 1 N–H and O–H groups in total. The van der Waals surface area contributed by atoms with Crippen LogP contribution < -0.4 is 0 Å². The molecule has 0 aliphatic rings. The van der Waals surface area contributed by atoms with Crippen LogP contribution in [0.4, 0.5) is 0 Å². The first-order valence-corrected chi connectivity index (χ1v) is 6.38. The second-order valence-electron chi connectivity index (χ2n) is 5.52. The van der Waals surface area contributed by atoms with Crippen LogP contribution in [0.1, 0.15) is 64.9 Å². The minimum atomic E-state index is -0.946. The Hall–Kier alpha value is -1.16. The van der Waals surface area contributed by atoms with Crippen LogP contribution >= 0.6 is 11.3 Å². The number of thiophene rings is 1. The molecule has 0 spiro atoms. The van der Waals surface area contributed by atoms with Gasteiger partial charge in [0.1, 0.15) is 4.88 Å². The summed E-state index contributed by atoms with van der Waals surface area (Å²) >= 11 is 1.05. The van der Waals surface area contributed by atoms with E-state index in [9.17, 15) is 9.59 Å². The molecule has 0 aliphatic heterocycles. The molecule has 0 bridgehead atoms. The second kappa shape index (κ2) is 5.00. The standard InChI is InChI=1S/C13H18O3S/c1-8(6-13(2,3)4)10-5-9(7-14)17-11(10)12(15)16/h5,7-8H,6H2,1-4H3,(H,15,16). The van der Waals surface area contributed by atoms with Crippen molar-refractivity contribution in [1.82, 2.24) is 0 Å². The van der Waals surface area contributed by atoms with Crippen molar-refractivity contribution in [3.8, 4) is 0 Å². The fourth-order valence-corrected chi connectivity index (χ4v) is 2.98. The highest BCUT2D eigenvalue weighted by Gasteiger charge is 2.23. The molecule has 1 unspecified atom stereocenters. The molecule has 0 aliphatic carbocycles. The van der Waals surface area contributed by atoms with Crippen molar-refractivity contribution in [3.05, 3.63) is 21.4 Å². The summed E-state index contributed by atoms with van der Waals surface area (Å²) in [6.45, 7) is 8.37. The SMILES string of the molecule is CC(CC(C)(C)C)c1cc(C=O)sc1C(=O)O. The van der Waals surface area contributed by atoms with E-state index in [1.165, 1.54) is 0 Å². The van der Waals surface area contributed by atoms with E-state index in [0.717, 1.165) is 23.3 Å². The van der Waals surface area contributed by atoms with E-state index in [4.69, 9.17) is 5.11 Å². The largest absolute Gasteiger partial charge is 0.477 e. The highest BCUT2D eigenvalue weighted by molar-refractivity contribution is 7.15. The molecular formula is C13H18O3S. The fraction of sp³-hybridized carbons (Fsp3) is 0.538. The molecule has 1 atom stereocenters. The van der Waals surface area contributed by atoms with Crippen LogP contribution in [0.5, 0.6) is 0 Å². The molecular weight excluding hydrogens is 236 g/mol. The van der Waals surface area contributed by atoms with Gasteiger partial charge in [0.05, 0.1) is 4.88 Å². The van der Waals surface area contributed by atoms with Crippen molar-refractivity contribution >= 4 is 23.6 Å². The summed E-state index contributed by atoms with van der Waals surface area (Å²) in [7, 11) is 0. The molecule has 0 fully saturated rings. The zero-order valence-electron chi connectivity index (χ0n) is 10.6. The van der Waals surface area contributed by atoms with E-state index in [0.29, 0.717) is 16.0 Å². The molecule has 1 aromatic rings. The third kappa shape index (κ3) is 3.66. The molecule has 1 rings (SSSR count). The average molecular weight is 254 g/mol. The summed E-state index contributed by atoms with van der Waals surface area (Å²) < 4.78 is 0. The lowest BCUT2D eigenvalue weighted by Gasteiger charge is -2.23. The summed E-state index contributed by atoms with van der Waals surface area (Å²) in [4.78, 5) is 22.6. The highest BCUT2D eigenvalue weighted by atomic mass is 32.1. The molecule has 1 heterocycles. The van der Waals surface area contributed by atoms with Gasteiger partial charge in [-0.05, 0) is 29.4 Å². The molecule has 94 valence electrons. The number of carboxylic acid groups (broad SMARTS) is 1. The van der Waals surface area contributed by atoms with E-state index < -0.39 is 5.97 Å². The van der Waals surface area contributed by atoms with E-state index in [-0.39, 0.29) is 11.3 Å². The van der Waals surface area contributed by atoms with Crippen molar-refractivity contribution in [3.63, 3.8) is 0 Å². The van der Waals surface area contributed by atoms with Gasteiger partial charge >= 0.3 is 5.97 Å². The van der Waals surface area contributed by atoms with Crippen molar-refractivity contribution in [2.24, 2.45) is 5.41 Å². The predicted molar refractivity (Wildman–Crippen MR) is 69.2 cm³/mol. The molecule has 3 nitrogen and oxygen atoms in total. The molecule has 17 heavy (non-hydrogen) atoms. The Bertz CT molecular complexity index is 426. The maximum atomic E-state index is 11.1. The number of aromatic carboxylic acids is 1. The summed E-state index contributed by atoms with van der Waals surface area (Å²) in [6, 6.07) is 1.71. The lowest BCUT2D eigenvalue weighted by atomic mass is 9.82. The summed E-state index contributed by atoms with van der Waals surface area (Å²) in [5, 5.41) is 9.12. The van der Waals surface area contributed by atoms with Crippen molar-refractivity contribution in [2.45, 2.75) is 40.0 Å². The number of hydrogen-bond acceptors (Lipinski definition) is 3. The van der Waals surface area contributed by atoms with Gasteiger partial charge in [-0.1, -0.05) is 27.7 Å².